The Kier molecular flexibility index (Phi) is 8.46. The van der Waals surface area contributed by atoms with Crippen molar-refractivity contribution in [2.75, 3.05) is 47.3 Å². The van der Waals surface area contributed by atoms with Crippen molar-refractivity contribution in [3.05, 3.63) is 0 Å². The summed E-state index contributed by atoms with van der Waals surface area (Å²) in [6.07, 6.45) is 1.74. The first-order valence-electron chi connectivity index (χ1n) is 5.34. The summed E-state index contributed by atoms with van der Waals surface area (Å²) in [7, 11) is 6.14. The van der Waals surface area contributed by atoms with E-state index in [1.807, 2.05) is 14.1 Å². The largest absolute Gasteiger partial charge is 0.411 e. The molecule has 16 heavy (non-hydrogen) atoms. The number of hydrogen-bond acceptors (Lipinski definition) is 5. The molecule has 6 heteroatoms. The zero-order chi connectivity index (χ0) is 12.4. The van der Waals surface area contributed by atoms with Crippen LogP contribution in [0.5, 0.6) is 0 Å². The van der Waals surface area contributed by atoms with Crippen molar-refractivity contribution in [1.29, 1.82) is 0 Å². The maximum absolute atomic E-state index is 10.9. The van der Waals surface area contributed by atoms with Gasteiger partial charge in [-0.3, -0.25) is 4.79 Å². The van der Waals surface area contributed by atoms with Crippen LogP contribution in [0.25, 0.3) is 0 Å². The lowest BCUT2D eigenvalue weighted by atomic mass is 10.3. The molecule has 0 aromatic carbocycles. The van der Waals surface area contributed by atoms with Gasteiger partial charge in [-0.05, 0) is 34.1 Å². The maximum atomic E-state index is 10.9. The van der Waals surface area contributed by atoms with Gasteiger partial charge in [-0.2, -0.15) is 0 Å². The number of nitrogens with one attached hydrogen (secondary N) is 1. The molecular formula is C10H22N4O2. The summed E-state index contributed by atoms with van der Waals surface area (Å²) in [5, 5.41) is 13.4. The molecule has 0 spiro atoms. The van der Waals surface area contributed by atoms with E-state index in [0.29, 0.717) is 6.54 Å². The van der Waals surface area contributed by atoms with Crippen LogP contribution in [0.3, 0.4) is 0 Å². The van der Waals surface area contributed by atoms with Gasteiger partial charge in [0.1, 0.15) is 6.21 Å². The van der Waals surface area contributed by atoms with E-state index in [4.69, 9.17) is 5.21 Å². The van der Waals surface area contributed by atoms with Crippen LogP contribution in [-0.4, -0.2) is 74.5 Å². The lowest BCUT2D eigenvalue weighted by Gasteiger charge is -2.19. The van der Waals surface area contributed by atoms with Crippen LogP contribution in [-0.2, 0) is 4.79 Å². The predicted molar refractivity (Wildman–Crippen MR) is 64.0 cm³/mol. The van der Waals surface area contributed by atoms with Gasteiger partial charge in [0.15, 0.2) is 0 Å². The van der Waals surface area contributed by atoms with E-state index >= 15 is 0 Å². The SMILES string of the molecule is CN(C)CCN(C)CCCNC(=O)/C=N\O. The summed E-state index contributed by atoms with van der Waals surface area (Å²) in [6.45, 7) is 3.57. The molecule has 94 valence electrons. The van der Waals surface area contributed by atoms with Crippen LogP contribution < -0.4 is 5.32 Å². The van der Waals surface area contributed by atoms with Gasteiger partial charge in [0.2, 0.25) is 0 Å². The molecule has 0 saturated heterocycles. The van der Waals surface area contributed by atoms with Crippen LogP contribution in [0, 0.1) is 0 Å². The maximum Gasteiger partial charge on any atom is 0.265 e. The zero-order valence-corrected chi connectivity index (χ0v) is 10.3. The second-order valence-electron chi connectivity index (χ2n) is 4.00. The van der Waals surface area contributed by atoms with Crippen molar-refractivity contribution < 1.29 is 10.0 Å². The first kappa shape index (κ1) is 14.9. The highest BCUT2D eigenvalue weighted by atomic mass is 16.4. The van der Waals surface area contributed by atoms with E-state index in [1.165, 1.54) is 0 Å². The summed E-state index contributed by atoms with van der Waals surface area (Å²) in [6, 6.07) is 0. The summed E-state index contributed by atoms with van der Waals surface area (Å²) < 4.78 is 0. The average molecular weight is 230 g/mol. The number of likely N-dealkylation sites (N-methyl/N-ethyl adjacent to an activating group) is 2. The van der Waals surface area contributed by atoms with Gasteiger partial charge >= 0.3 is 0 Å². The van der Waals surface area contributed by atoms with Gasteiger partial charge in [-0.1, -0.05) is 5.16 Å². The fraction of sp³-hybridized carbons (Fsp3) is 0.800. The first-order chi connectivity index (χ1) is 7.56. The minimum absolute atomic E-state index is 0.363. The molecule has 6 nitrogen and oxygen atoms in total. The summed E-state index contributed by atoms with van der Waals surface area (Å²) >= 11 is 0. The molecule has 0 atom stereocenters. The number of amides is 1. The molecule has 0 aromatic rings. The van der Waals surface area contributed by atoms with Gasteiger partial charge in [0.25, 0.3) is 5.91 Å². The van der Waals surface area contributed by atoms with Crippen LogP contribution in [0.15, 0.2) is 5.16 Å². The minimum Gasteiger partial charge on any atom is -0.411 e. The highest BCUT2D eigenvalue weighted by Crippen LogP contribution is 1.87. The fourth-order valence-electron chi connectivity index (χ4n) is 1.14. The molecule has 0 unspecified atom stereocenters. The number of carbonyl (C=O) groups is 1. The molecule has 0 bridgehead atoms. The van der Waals surface area contributed by atoms with E-state index in [0.717, 1.165) is 32.3 Å². The van der Waals surface area contributed by atoms with Crippen molar-refractivity contribution in [2.24, 2.45) is 5.16 Å². The molecule has 0 rings (SSSR count). The second kappa shape index (κ2) is 9.11. The van der Waals surface area contributed by atoms with Crippen molar-refractivity contribution in [1.82, 2.24) is 15.1 Å². The zero-order valence-electron chi connectivity index (χ0n) is 10.3. The normalized spacial score (nSPS) is 11.6. The monoisotopic (exact) mass is 230 g/mol. The van der Waals surface area contributed by atoms with Crippen molar-refractivity contribution in [3.63, 3.8) is 0 Å². The average Bonchev–Trinajstić information content (AvgIpc) is 2.22. The van der Waals surface area contributed by atoms with Crippen LogP contribution >= 0.6 is 0 Å². The Balaban J connectivity index is 3.40. The molecule has 1 amide bonds. The third-order valence-corrected chi connectivity index (χ3v) is 2.12. The Morgan fingerprint density at radius 2 is 2.00 bits per heavy atom. The standard InChI is InChI=1S/C10H22N4O2/c1-13(2)7-8-14(3)6-4-5-11-10(15)9-12-16/h9,16H,4-8H2,1-3H3,(H,11,15)/b12-9-. The molecular weight excluding hydrogens is 208 g/mol. The molecule has 0 aromatic heterocycles. The highest BCUT2D eigenvalue weighted by molar-refractivity contribution is 6.25. The molecule has 0 saturated carbocycles. The molecule has 0 fully saturated rings. The quantitative estimate of drug-likeness (QED) is 0.254. The van der Waals surface area contributed by atoms with Crippen LogP contribution in [0.1, 0.15) is 6.42 Å². The molecule has 0 radical (unpaired) electrons. The van der Waals surface area contributed by atoms with E-state index < -0.39 is 0 Å². The van der Waals surface area contributed by atoms with Gasteiger partial charge in [-0.25, -0.2) is 0 Å². The Bertz CT molecular complexity index is 219. The smallest absolute Gasteiger partial charge is 0.265 e. The number of rotatable bonds is 8. The summed E-state index contributed by atoms with van der Waals surface area (Å²) in [5.74, 6) is -0.363. The van der Waals surface area contributed by atoms with E-state index in [1.54, 1.807) is 0 Å². The number of oxime groups is 1. The fourth-order valence-corrected chi connectivity index (χ4v) is 1.14. The topological polar surface area (TPSA) is 68.2 Å². The highest BCUT2D eigenvalue weighted by Gasteiger charge is 2.00. The Hall–Kier alpha value is -1.14. The Morgan fingerprint density at radius 1 is 1.31 bits per heavy atom. The number of nitrogens with zero attached hydrogens (tertiary/aromatic N) is 3. The Labute approximate surface area is 96.9 Å². The molecule has 0 aliphatic heterocycles. The summed E-state index contributed by atoms with van der Waals surface area (Å²) in [5.41, 5.74) is 0. The molecule has 2 N–H and O–H groups in total. The lowest BCUT2D eigenvalue weighted by Crippen LogP contribution is -2.32. The van der Waals surface area contributed by atoms with Crippen LogP contribution in [0.4, 0.5) is 0 Å². The van der Waals surface area contributed by atoms with Crippen molar-refractivity contribution >= 4 is 12.1 Å². The molecule has 0 aliphatic rings. The molecule has 0 heterocycles. The Morgan fingerprint density at radius 3 is 2.56 bits per heavy atom. The minimum atomic E-state index is -0.363. The van der Waals surface area contributed by atoms with Crippen molar-refractivity contribution in [2.45, 2.75) is 6.42 Å². The third kappa shape index (κ3) is 9.42. The van der Waals surface area contributed by atoms with E-state index in [9.17, 15) is 4.79 Å². The lowest BCUT2D eigenvalue weighted by molar-refractivity contribution is -0.114. The van der Waals surface area contributed by atoms with E-state index in [2.05, 4.69) is 27.3 Å². The van der Waals surface area contributed by atoms with Gasteiger partial charge in [-0.15, -0.1) is 0 Å². The third-order valence-electron chi connectivity index (χ3n) is 2.12. The van der Waals surface area contributed by atoms with Gasteiger partial charge in [0.05, 0.1) is 0 Å². The molecule has 0 aliphatic carbocycles. The van der Waals surface area contributed by atoms with Gasteiger partial charge < -0.3 is 20.3 Å². The van der Waals surface area contributed by atoms with Gasteiger partial charge in [0, 0.05) is 19.6 Å². The first-order valence-corrected chi connectivity index (χ1v) is 5.34. The van der Waals surface area contributed by atoms with Crippen molar-refractivity contribution in [3.8, 4) is 0 Å². The van der Waals surface area contributed by atoms with Crippen LogP contribution in [0.2, 0.25) is 0 Å². The second-order valence-corrected chi connectivity index (χ2v) is 4.00. The number of hydrogen-bond donors (Lipinski definition) is 2. The predicted octanol–water partition coefficient (Wildman–Crippen LogP) is -0.554. The van der Waals surface area contributed by atoms with E-state index in [-0.39, 0.29) is 5.91 Å². The summed E-state index contributed by atoms with van der Waals surface area (Å²) in [4.78, 5) is 15.2. The number of carbonyl (C=O) groups excluding carboxylic acids is 1.